The number of benzene rings is 3. The second-order valence-electron chi connectivity index (χ2n) is 9.33. The van der Waals surface area contributed by atoms with Crippen LogP contribution in [0.15, 0.2) is 73.1 Å². The second-order valence-corrected chi connectivity index (χ2v) is 9.33. The van der Waals surface area contributed by atoms with Gasteiger partial charge in [-0.2, -0.15) is 18.3 Å². The van der Waals surface area contributed by atoms with Gasteiger partial charge in [-0.1, -0.05) is 36.9 Å². The Morgan fingerprint density at radius 1 is 0.875 bits per heavy atom. The van der Waals surface area contributed by atoms with E-state index in [1.807, 2.05) is 0 Å². The van der Waals surface area contributed by atoms with Crippen molar-refractivity contribution in [2.75, 3.05) is 13.1 Å². The number of nitrogens with two attached hydrogens (primary N) is 2. The molecule has 1 aromatic heterocycles. The first kappa shape index (κ1) is 26.6. The van der Waals surface area contributed by atoms with Crippen molar-refractivity contribution in [2.45, 2.75) is 12.2 Å². The standard InChI is InChI=1S/C28H21F4N5O3/c1-14(29)27(40)36-12-19(13-36)37-24-21(26(34)39)11-10-20(15-2-4-17(5-3-15)25(33)38)22(24)23(35-37)16-6-8-18(9-7-16)28(30,31)32/h2-11,19H,1,12-13H2,(H2,33,38)(H2,34,39). The van der Waals surface area contributed by atoms with Gasteiger partial charge in [0, 0.05) is 29.6 Å². The number of halogens is 4. The zero-order chi connectivity index (χ0) is 28.9. The van der Waals surface area contributed by atoms with E-state index in [2.05, 4.69) is 11.7 Å². The summed E-state index contributed by atoms with van der Waals surface area (Å²) in [6, 6.07) is 13.4. The van der Waals surface area contributed by atoms with Crippen LogP contribution in [-0.4, -0.2) is 45.5 Å². The van der Waals surface area contributed by atoms with Crippen molar-refractivity contribution in [3.05, 3.63) is 89.8 Å². The molecule has 0 radical (unpaired) electrons. The van der Waals surface area contributed by atoms with Crippen molar-refractivity contribution < 1.29 is 31.9 Å². The first-order chi connectivity index (χ1) is 18.9. The van der Waals surface area contributed by atoms with Gasteiger partial charge in [-0.25, -0.2) is 4.39 Å². The lowest BCUT2D eigenvalue weighted by atomic mass is 9.94. The summed E-state index contributed by atoms with van der Waals surface area (Å²) in [6.07, 6.45) is -4.55. The van der Waals surface area contributed by atoms with Gasteiger partial charge < -0.3 is 16.4 Å². The van der Waals surface area contributed by atoms with Crippen LogP contribution in [0.2, 0.25) is 0 Å². The molecule has 1 fully saturated rings. The number of carbonyl (C=O) groups is 3. The molecule has 0 spiro atoms. The first-order valence-corrected chi connectivity index (χ1v) is 11.9. The third-order valence-electron chi connectivity index (χ3n) is 6.81. The number of amides is 3. The molecule has 204 valence electrons. The summed E-state index contributed by atoms with van der Waals surface area (Å²) in [6.45, 7) is 3.14. The molecule has 12 heteroatoms. The number of nitrogens with zero attached hydrogens (tertiary/aromatic N) is 3. The highest BCUT2D eigenvalue weighted by Gasteiger charge is 2.36. The van der Waals surface area contributed by atoms with Gasteiger partial charge in [-0.3, -0.25) is 19.1 Å². The maximum Gasteiger partial charge on any atom is 0.416 e. The number of rotatable bonds is 6. The monoisotopic (exact) mass is 551 g/mol. The summed E-state index contributed by atoms with van der Waals surface area (Å²) in [5, 5.41) is 5.11. The van der Waals surface area contributed by atoms with Gasteiger partial charge in [0.15, 0.2) is 5.83 Å². The number of hydrogen-bond donors (Lipinski definition) is 2. The van der Waals surface area contributed by atoms with Gasteiger partial charge >= 0.3 is 6.18 Å². The van der Waals surface area contributed by atoms with Crippen molar-refractivity contribution in [1.29, 1.82) is 0 Å². The third kappa shape index (κ3) is 4.57. The maximum absolute atomic E-state index is 13.4. The molecule has 0 unspecified atom stereocenters. The lowest BCUT2D eigenvalue weighted by molar-refractivity contribution is -0.137. The normalized spacial score (nSPS) is 13.8. The summed E-state index contributed by atoms with van der Waals surface area (Å²) >= 11 is 0. The highest BCUT2D eigenvalue weighted by Crippen LogP contribution is 2.41. The zero-order valence-corrected chi connectivity index (χ0v) is 20.7. The number of alkyl halides is 3. The molecule has 3 aromatic carbocycles. The van der Waals surface area contributed by atoms with Crippen molar-refractivity contribution in [3.63, 3.8) is 0 Å². The first-order valence-electron chi connectivity index (χ1n) is 11.9. The fraction of sp³-hybridized carbons (Fsp3) is 0.143. The van der Waals surface area contributed by atoms with E-state index < -0.39 is 41.3 Å². The van der Waals surface area contributed by atoms with Crippen LogP contribution in [0.3, 0.4) is 0 Å². The number of fused-ring (bicyclic) bond motifs is 1. The van der Waals surface area contributed by atoms with Crippen LogP contribution < -0.4 is 11.5 Å². The lowest BCUT2D eigenvalue weighted by Crippen LogP contribution is -2.51. The van der Waals surface area contributed by atoms with Crippen LogP contribution in [0.25, 0.3) is 33.3 Å². The van der Waals surface area contributed by atoms with Crippen LogP contribution in [0.5, 0.6) is 0 Å². The summed E-state index contributed by atoms with van der Waals surface area (Å²) < 4.78 is 54.6. The molecule has 40 heavy (non-hydrogen) atoms. The van der Waals surface area contributed by atoms with Gasteiger partial charge in [0.1, 0.15) is 5.69 Å². The fourth-order valence-corrected chi connectivity index (χ4v) is 4.76. The maximum atomic E-state index is 13.4. The Bertz CT molecular complexity index is 1690. The van der Waals surface area contributed by atoms with E-state index in [1.54, 1.807) is 18.2 Å². The molecule has 1 aliphatic rings. The molecule has 0 aliphatic carbocycles. The Kier molecular flexibility index (Phi) is 6.41. The summed E-state index contributed by atoms with van der Waals surface area (Å²) in [7, 11) is 0. The SMILES string of the molecule is C=C(F)C(=O)N1CC(n2nc(-c3ccc(C(F)(F)F)cc3)c3c(-c4ccc(C(N)=O)cc4)ccc(C(N)=O)c32)C1. The molecule has 8 nitrogen and oxygen atoms in total. The summed E-state index contributed by atoms with van der Waals surface area (Å²) in [4.78, 5) is 37.3. The number of carbonyl (C=O) groups excluding carboxylic acids is 3. The van der Waals surface area contributed by atoms with Crippen molar-refractivity contribution in [1.82, 2.24) is 14.7 Å². The minimum atomic E-state index is -4.55. The largest absolute Gasteiger partial charge is 0.416 e. The highest BCUT2D eigenvalue weighted by atomic mass is 19.4. The van der Waals surface area contributed by atoms with Gasteiger partial charge in [-0.15, -0.1) is 0 Å². The predicted octanol–water partition coefficient (Wildman–Crippen LogP) is 4.45. The van der Waals surface area contributed by atoms with Crippen molar-refractivity contribution in [2.24, 2.45) is 11.5 Å². The highest BCUT2D eigenvalue weighted by molar-refractivity contribution is 6.13. The minimum absolute atomic E-state index is 0.0563. The van der Waals surface area contributed by atoms with Gasteiger partial charge in [0.2, 0.25) is 5.91 Å². The molecule has 2 heterocycles. The number of primary amides is 2. The summed E-state index contributed by atoms with van der Waals surface area (Å²) in [5.41, 5.74) is 12.6. The van der Waals surface area contributed by atoms with Crippen LogP contribution in [0.1, 0.15) is 32.3 Å². The number of aromatic nitrogens is 2. The molecule has 4 aromatic rings. The van der Waals surface area contributed by atoms with Crippen LogP contribution in [0, 0.1) is 0 Å². The third-order valence-corrected chi connectivity index (χ3v) is 6.81. The topological polar surface area (TPSA) is 124 Å². The fourth-order valence-electron chi connectivity index (χ4n) is 4.76. The average Bonchev–Trinajstić information content (AvgIpc) is 3.27. The Morgan fingerprint density at radius 3 is 2.00 bits per heavy atom. The van der Waals surface area contributed by atoms with Crippen molar-refractivity contribution >= 4 is 28.6 Å². The zero-order valence-electron chi connectivity index (χ0n) is 20.7. The Morgan fingerprint density at radius 2 is 1.48 bits per heavy atom. The molecule has 0 saturated carbocycles. The van der Waals surface area contributed by atoms with Crippen LogP contribution in [0.4, 0.5) is 17.6 Å². The smallest absolute Gasteiger partial charge is 0.366 e. The van der Waals surface area contributed by atoms with E-state index in [0.29, 0.717) is 27.6 Å². The molecule has 4 N–H and O–H groups in total. The van der Waals surface area contributed by atoms with Gasteiger partial charge in [-0.05, 0) is 41.5 Å². The van der Waals surface area contributed by atoms with Crippen LogP contribution >= 0.6 is 0 Å². The average molecular weight is 552 g/mol. The van der Waals surface area contributed by atoms with E-state index in [-0.39, 0.29) is 29.9 Å². The van der Waals surface area contributed by atoms with Gasteiger partial charge in [0.05, 0.1) is 22.7 Å². The Labute approximate surface area is 224 Å². The van der Waals surface area contributed by atoms with E-state index in [4.69, 9.17) is 11.5 Å². The van der Waals surface area contributed by atoms with Gasteiger partial charge in [0.25, 0.3) is 11.8 Å². The molecule has 5 rings (SSSR count). The molecule has 0 atom stereocenters. The van der Waals surface area contributed by atoms with E-state index in [1.165, 1.54) is 39.9 Å². The number of likely N-dealkylation sites (tertiary alicyclic amines) is 1. The van der Waals surface area contributed by atoms with Crippen molar-refractivity contribution in [3.8, 4) is 22.4 Å². The molecule has 1 saturated heterocycles. The minimum Gasteiger partial charge on any atom is -0.366 e. The lowest BCUT2D eigenvalue weighted by Gasteiger charge is -2.39. The Hall–Kier alpha value is -5.00. The predicted molar refractivity (Wildman–Crippen MR) is 139 cm³/mol. The molecular weight excluding hydrogens is 530 g/mol. The van der Waals surface area contributed by atoms with Crippen LogP contribution in [-0.2, 0) is 11.0 Å². The second kappa shape index (κ2) is 9.63. The summed E-state index contributed by atoms with van der Waals surface area (Å²) in [5.74, 6) is -3.39. The van der Waals surface area contributed by atoms with E-state index >= 15 is 0 Å². The van der Waals surface area contributed by atoms with E-state index in [0.717, 1.165) is 12.1 Å². The molecule has 3 amide bonds. The quantitative estimate of drug-likeness (QED) is 0.271. The van der Waals surface area contributed by atoms with E-state index in [9.17, 15) is 31.9 Å². The number of hydrogen-bond acceptors (Lipinski definition) is 4. The Balaban J connectivity index is 1.74. The molecule has 1 aliphatic heterocycles. The molecular formula is C28H21F4N5O3. The molecule has 0 bridgehead atoms.